The Kier molecular flexibility index (Phi) is 4.09. The van der Waals surface area contributed by atoms with Gasteiger partial charge in [-0.15, -0.1) is 11.3 Å². The number of hydrazine groups is 1. The standard InChI is InChI=1S/C13H12BrClN4S/c14-10-2-1-8(5-11(10)15)12(18-16)6-9-7-19-3-4-20-13(19)17-9/h1-5,7,12,18H,6,16H2. The number of imidazole rings is 1. The molecule has 2 aromatic heterocycles. The molecule has 1 aromatic carbocycles. The molecule has 20 heavy (non-hydrogen) atoms. The van der Waals surface area contributed by atoms with E-state index in [1.165, 1.54) is 0 Å². The molecule has 0 aliphatic rings. The number of fused-ring (bicyclic) bond motifs is 1. The number of benzene rings is 1. The van der Waals surface area contributed by atoms with Gasteiger partial charge >= 0.3 is 0 Å². The quantitative estimate of drug-likeness (QED) is 0.544. The zero-order valence-electron chi connectivity index (χ0n) is 10.4. The van der Waals surface area contributed by atoms with Crippen molar-refractivity contribution >= 4 is 43.8 Å². The summed E-state index contributed by atoms with van der Waals surface area (Å²) < 4.78 is 2.89. The van der Waals surface area contributed by atoms with Gasteiger partial charge in [0.2, 0.25) is 0 Å². The van der Waals surface area contributed by atoms with Crippen LogP contribution in [0, 0.1) is 0 Å². The monoisotopic (exact) mass is 370 g/mol. The second-order valence-corrected chi connectivity index (χ2v) is 6.56. The summed E-state index contributed by atoms with van der Waals surface area (Å²) in [5.41, 5.74) is 4.87. The highest BCUT2D eigenvalue weighted by Crippen LogP contribution is 2.27. The van der Waals surface area contributed by atoms with Crippen molar-refractivity contribution in [3.63, 3.8) is 0 Å². The number of nitrogens with zero attached hydrogens (tertiary/aromatic N) is 2. The Bertz CT molecular complexity index is 710. The van der Waals surface area contributed by atoms with Crippen molar-refractivity contribution in [3.05, 3.63) is 56.7 Å². The van der Waals surface area contributed by atoms with Crippen molar-refractivity contribution in [2.45, 2.75) is 12.5 Å². The summed E-state index contributed by atoms with van der Waals surface area (Å²) in [4.78, 5) is 5.56. The van der Waals surface area contributed by atoms with Crippen molar-refractivity contribution in [3.8, 4) is 0 Å². The molecule has 1 unspecified atom stereocenters. The van der Waals surface area contributed by atoms with E-state index in [1.54, 1.807) is 11.3 Å². The number of aromatic nitrogens is 2. The molecule has 104 valence electrons. The van der Waals surface area contributed by atoms with Crippen molar-refractivity contribution in [1.29, 1.82) is 0 Å². The number of nitrogens with one attached hydrogen (secondary N) is 1. The predicted molar refractivity (Wildman–Crippen MR) is 86.0 cm³/mol. The number of hydrogen-bond acceptors (Lipinski definition) is 4. The van der Waals surface area contributed by atoms with Gasteiger partial charge < -0.3 is 0 Å². The van der Waals surface area contributed by atoms with E-state index in [4.69, 9.17) is 17.4 Å². The highest BCUT2D eigenvalue weighted by molar-refractivity contribution is 9.10. The largest absolute Gasteiger partial charge is 0.297 e. The number of halogens is 2. The highest BCUT2D eigenvalue weighted by atomic mass is 79.9. The van der Waals surface area contributed by atoms with E-state index >= 15 is 0 Å². The van der Waals surface area contributed by atoms with Crippen molar-refractivity contribution in [1.82, 2.24) is 14.8 Å². The van der Waals surface area contributed by atoms with Gasteiger partial charge in [-0.2, -0.15) is 0 Å². The lowest BCUT2D eigenvalue weighted by atomic mass is 10.0. The summed E-state index contributed by atoms with van der Waals surface area (Å²) in [5.74, 6) is 5.67. The third-order valence-electron chi connectivity index (χ3n) is 3.10. The average Bonchev–Trinajstić information content (AvgIpc) is 3.00. The Labute approximate surface area is 133 Å². The minimum absolute atomic E-state index is 0.0230. The van der Waals surface area contributed by atoms with E-state index in [0.717, 1.165) is 20.7 Å². The van der Waals surface area contributed by atoms with E-state index < -0.39 is 0 Å². The Morgan fingerprint density at radius 3 is 3.05 bits per heavy atom. The molecular formula is C13H12BrClN4S. The first-order chi connectivity index (χ1) is 9.67. The van der Waals surface area contributed by atoms with Crippen molar-refractivity contribution in [2.75, 3.05) is 0 Å². The molecular weight excluding hydrogens is 360 g/mol. The van der Waals surface area contributed by atoms with Crippen molar-refractivity contribution < 1.29 is 0 Å². The summed E-state index contributed by atoms with van der Waals surface area (Å²) in [7, 11) is 0. The molecule has 0 saturated carbocycles. The molecule has 3 aromatic rings. The third-order valence-corrected chi connectivity index (χ3v) is 5.11. The van der Waals surface area contributed by atoms with Gasteiger partial charge in [0.1, 0.15) is 0 Å². The summed E-state index contributed by atoms with van der Waals surface area (Å²) >= 11 is 11.1. The van der Waals surface area contributed by atoms with Crippen LogP contribution in [0.3, 0.4) is 0 Å². The minimum atomic E-state index is -0.0230. The minimum Gasteiger partial charge on any atom is -0.297 e. The van der Waals surface area contributed by atoms with E-state index in [9.17, 15) is 0 Å². The maximum Gasteiger partial charge on any atom is 0.193 e. The molecule has 0 aliphatic carbocycles. The average molecular weight is 372 g/mol. The van der Waals surface area contributed by atoms with Gasteiger partial charge in [-0.1, -0.05) is 17.7 Å². The van der Waals surface area contributed by atoms with Crippen LogP contribution >= 0.6 is 38.9 Å². The van der Waals surface area contributed by atoms with Crippen LogP contribution in [0.1, 0.15) is 17.3 Å². The Morgan fingerprint density at radius 1 is 1.50 bits per heavy atom. The van der Waals surface area contributed by atoms with Crippen LogP contribution in [-0.4, -0.2) is 9.38 Å². The van der Waals surface area contributed by atoms with Crippen LogP contribution in [0.25, 0.3) is 4.96 Å². The van der Waals surface area contributed by atoms with Gasteiger partial charge in [0.05, 0.1) is 16.8 Å². The Morgan fingerprint density at radius 2 is 2.35 bits per heavy atom. The fraction of sp³-hybridized carbons (Fsp3) is 0.154. The fourth-order valence-electron chi connectivity index (χ4n) is 2.09. The van der Waals surface area contributed by atoms with Crippen molar-refractivity contribution in [2.24, 2.45) is 5.84 Å². The van der Waals surface area contributed by atoms with E-state index in [-0.39, 0.29) is 6.04 Å². The predicted octanol–water partition coefficient (Wildman–Crippen LogP) is 3.56. The SMILES string of the molecule is NNC(Cc1cn2ccsc2n1)c1ccc(Br)c(Cl)c1. The molecule has 7 heteroatoms. The van der Waals surface area contributed by atoms with Crippen LogP contribution in [0.15, 0.2) is 40.4 Å². The van der Waals surface area contributed by atoms with Crippen LogP contribution < -0.4 is 11.3 Å². The first kappa shape index (κ1) is 14.0. The molecule has 1 atom stereocenters. The Balaban J connectivity index is 1.85. The van der Waals surface area contributed by atoms with Gasteiger partial charge in [-0.3, -0.25) is 15.7 Å². The lowest BCUT2D eigenvalue weighted by Crippen LogP contribution is -2.29. The molecule has 3 N–H and O–H groups in total. The van der Waals surface area contributed by atoms with Crippen LogP contribution in [0.4, 0.5) is 0 Å². The van der Waals surface area contributed by atoms with Crippen LogP contribution in [-0.2, 0) is 6.42 Å². The second-order valence-electron chi connectivity index (χ2n) is 4.42. The highest BCUT2D eigenvalue weighted by Gasteiger charge is 2.14. The normalized spacial score (nSPS) is 12.9. The van der Waals surface area contributed by atoms with Gasteiger partial charge in [0, 0.05) is 28.7 Å². The molecule has 3 rings (SSSR count). The molecule has 0 amide bonds. The summed E-state index contributed by atoms with van der Waals surface area (Å²) in [5, 5.41) is 2.69. The number of hydrogen-bond donors (Lipinski definition) is 2. The van der Waals surface area contributed by atoms with E-state index in [1.807, 2.05) is 40.4 Å². The zero-order valence-corrected chi connectivity index (χ0v) is 13.5. The van der Waals surface area contributed by atoms with E-state index in [0.29, 0.717) is 11.4 Å². The molecule has 2 heterocycles. The lowest BCUT2D eigenvalue weighted by molar-refractivity contribution is 0.547. The third kappa shape index (κ3) is 2.75. The van der Waals surface area contributed by atoms with Gasteiger partial charge in [0.15, 0.2) is 4.96 Å². The molecule has 0 saturated heterocycles. The molecule has 0 radical (unpaired) electrons. The molecule has 0 bridgehead atoms. The second kappa shape index (κ2) is 5.83. The maximum absolute atomic E-state index is 6.13. The smallest absolute Gasteiger partial charge is 0.193 e. The Hall–Kier alpha value is -0.920. The molecule has 0 fully saturated rings. The molecule has 0 spiro atoms. The van der Waals surface area contributed by atoms with Crippen LogP contribution in [0.2, 0.25) is 5.02 Å². The van der Waals surface area contributed by atoms with Crippen LogP contribution in [0.5, 0.6) is 0 Å². The number of thiazole rings is 1. The summed E-state index contributed by atoms with van der Waals surface area (Å²) in [6, 6.07) is 5.81. The zero-order chi connectivity index (χ0) is 14.1. The topological polar surface area (TPSA) is 55.3 Å². The lowest BCUT2D eigenvalue weighted by Gasteiger charge is -2.15. The molecule has 4 nitrogen and oxygen atoms in total. The first-order valence-corrected chi connectivity index (χ1v) is 8.04. The number of rotatable bonds is 4. The summed E-state index contributed by atoms with van der Waals surface area (Å²) in [6.45, 7) is 0. The maximum atomic E-state index is 6.13. The first-order valence-electron chi connectivity index (χ1n) is 5.99. The van der Waals surface area contributed by atoms with Gasteiger partial charge in [-0.25, -0.2) is 4.98 Å². The number of nitrogens with two attached hydrogens (primary N) is 1. The molecule has 0 aliphatic heterocycles. The van der Waals surface area contributed by atoms with Gasteiger partial charge in [-0.05, 0) is 33.6 Å². The van der Waals surface area contributed by atoms with E-state index in [2.05, 4.69) is 26.3 Å². The fourth-order valence-corrected chi connectivity index (χ4v) is 3.24. The summed E-state index contributed by atoms with van der Waals surface area (Å²) in [6.07, 6.45) is 4.73. The van der Waals surface area contributed by atoms with Gasteiger partial charge in [0.25, 0.3) is 0 Å².